The number of benzene rings is 2. The van der Waals surface area contributed by atoms with Gasteiger partial charge in [-0.25, -0.2) is 0 Å². The monoisotopic (exact) mass is 448 g/mol. The summed E-state index contributed by atoms with van der Waals surface area (Å²) >= 11 is 0. The molecule has 1 amide bonds. The zero-order valence-electron chi connectivity index (χ0n) is 17.4. The Morgan fingerprint density at radius 2 is 1.87 bits per heavy atom. The zero-order valence-corrected chi connectivity index (χ0v) is 18.3. The molecule has 2 atom stereocenters. The first kappa shape index (κ1) is 24.1. The summed E-state index contributed by atoms with van der Waals surface area (Å²) in [5, 5.41) is 12.0. The van der Waals surface area contributed by atoms with Gasteiger partial charge in [-0.1, -0.05) is 4.21 Å². The lowest BCUT2D eigenvalue weighted by Gasteiger charge is -2.14. The van der Waals surface area contributed by atoms with E-state index in [-0.39, 0.29) is 28.7 Å². The van der Waals surface area contributed by atoms with Gasteiger partial charge in [0.2, 0.25) is 10.2 Å². The molecule has 0 aromatic heterocycles. The van der Waals surface area contributed by atoms with Crippen LogP contribution in [0.25, 0.3) is 0 Å². The number of amidine groups is 1. The van der Waals surface area contributed by atoms with Crippen LogP contribution < -0.4 is 20.5 Å². The number of carbonyl (C=O) groups is 1. The third kappa shape index (κ3) is 7.52. The van der Waals surface area contributed by atoms with E-state index in [0.29, 0.717) is 11.5 Å². The second-order valence-corrected chi connectivity index (χ2v) is 8.72. The lowest BCUT2D eigenvalue weighted by atomic mass is 10.2. The molecule has 0 saturated carbocycles. The maximum Gasteiger partial charge on any atom is 0.279 e. The van der Waals surface area contributed by atoms with Gasteiger partial charge in [0.05, 0.1) is 6.61 Å². The van der Waals surface area contributed by atoms with E-state index in [1.54, 1.807) is 32.2 Å². The number of aliphatic hydroxyl groups excluding tert-OH is 1. The summed E-state index contributed by atoms with van der Waals surface area (Å²) in [6.07, 6.45) is 3.69. The zero-order chi connectivity index (χ0) is 23.0. The van der Waals surface area contributed by atoms with Gasteiger partial charge in [-0.3, -0.25) is 4.79 Å². The van der Waals surface area contributed by atoms with Crippen LogP contribution in [0.1, 0.15) is 17.3 Å². The topological polar surface area (TPSA) is 143 Å². The van der Waals surface area contributed by atoms with E-state index in [0.717, 1.165) is 0 Å². The van der Waals surface area contributed by atoms with E-state index in [1.165, 1.54) is 42.8 Å². The van der Waals surface area contributed by atoms with E-state index in [1.807, 2.05) is 0 Å². The molecule has 2 aromatic carbocycles. The SMILES string of the molecule is CN/C=C\C(N)=NC(=O)c1cc(Oc2ccc([S+](C)(=O)O)cc2)cc(O[C@@H](C)CO)c1. The summed E-state index contributed by atoms with van der Waals surface area (Å²) < 4.78 is 32.7. The highest BCUT2D eigenvalue weighted by Crippen LogP contribution is 2.29. The molecule has 5 N–H and O–H groups in total. The quantitative estimate of drug-likeness (QED) is 0.260. The van der Waals surface area contributed by atoms with Crippen LogP contribution in [0, 0.1) is 0 Å². The third-order valence-electron chi connectivity index (χ3n) is 3.87. The first-order valence-corrected chi connectivity index (χ1v) is 11.2. The number of hydrogen-bond acceptors (Lipinski definition) is 6. The number of aliphatic hydroxyl groups is 1. The van der Waals surface area contributed by atoms with Crippen molar-refractivity contribution in [3.8, 4) is 17.2 Å². The van der Waals surface area contributed by atoms with Crippen molar-refractivity contribution in [1.82, 2.24) is 5.32 Å². The van der Waals surface area contributed by atoms with Crippen molar-refractivity contribution >= 4 is 22.0 Å². The maximum atomic E-state index is 12.5. The molecule has 31 heavy (non-hydrogen) atoms. The number of nitrogens with one attached hydrogen (secondary N) is 1. The molecule has 2 rings (SSSR count). The summed E-state index contributed by atoms with van der Waals surface area (Å²) in [5.74, 6) is 0.370. The summed E-state index contributed by atoms with van der Waals surface area (Å²) in [4.78, 5) is 16.6. The van der Waals surface area contributed by atoms with Crippen LogP contribution in [0.5, 0.6) is 17.2 Å². The van der Waals surface area contributed by atoms with Crippen LogP contribution in [-0.4, -0.2) is 47.4 Å². The van der Waals surface area contributed by atoms with Crippen LogP contribution in [0.3, 0.4) is 0 Å². The van der Waals surface area contributed by atoms with E-state index < -0.39 is 22.2 Å². The van der Waals surface area contributed by atoms with Crippen molar-refractivity contribution in [2.75, 3.05) is 19.9 Å². The van der Waals surface area contributed by atoms with E-state index in [4.69, 9.17) is 15.2 Å². The number of ether oxygens (including phenoxy) is 2. The molecule has 0 bridgehead atoms. The van der Waals surface area contributed by atoms with Gasteiger partial charge in [-0.05, 0) is 55.6 Å². The highest BCUT2D eigenvalue weighted by Gasteiger charge is 2.21. The van der Waals surface area contributed by atoms with Crippen molar-refractivity contribution in [2.45, 2.75) is 17.9 Å². The minimum absolute atomic E-state index is 0.0135. The molecule has 0 radical (unpaired) electrons. The van der Waals surface area contributed by atoms with Crippen molar-refractivity contribution in [1.29, 1.82) is 0 Å². The molecule has 0 heterocycles. The molecular weight excluding hydrogens is 422 g/mol. The Labute approximate surface area is 181 Å². The Morgan fingerprint density at radius 3 is 2.45 bits per heavy atom. The van der Waals surface area contributed by atoms with Crippen LogP contribution >= 0.6 is 0 Å². The maximum absolute atomic E-state index is 12.5. The summed E-state index contributed by atoms with van der Waals surface area (Å²) in [6.45, 7) is 1.46. The van der Waals surface area contributed by atoms with E-state index in [9.17, 15) is 18.7 Å². The lowest BCUT2D eigenvalue weighted by Crippen LogP contribution is -2.16. The molecule has 0 spiro atoms. The predicted molar refractivity (Wildman–Crippen MR) is 119 cm³/mol. The van der Waals surface area contributed by atoms with Crippen molar-refractivity contribution < 1.29 is 28.1 Å². The van der Waals surface area contributed by atoms with Crippen molar-refractivity contribution in [3.05, 3.63) is 60.3 Å². The summed E-state index contributed by atoms with van der Waals surface area (Å²) in [7, 11) is -1.40. The number of aliphatic imine (C=N–C) groups is 1. The molecule has 9 nitrogen and oxygen atoms in total. The average molecular weight is 449 g/mol. The molecule has 0 aliphatic heterocycles. The van der Waals surface area contributed by atoms with Gasteiger partial charge in [0, 0.05) is 18.7 Å². The third-order valence-corrected chi connectivity index (χ3v) is 5.02. The molecule has 0 saturated heterocycles. The number of hydrogen-bond donors (Lipinski definition) is 4. The summed E-state index contributed by atoms with van der Waals surface area (Å²) in [6, 6.07) is 10.5. The fourth-order valence-corrected chi connectivity index (χ4v) is 3.02. The largest absolute Gasteiger partial charge is 0.488 e. The molecule has 1 unspecified atom stereocenters. The fraction of sp³-hybridized carbons (Fsp3) is 0.238. The minimum Gasteiger partial charge on any atom is -0.488 e. The normalized spacial score (nSPS) is 14.7. The van der Waals surface area contributed by atoms with Crippen LogP contribution in [0.15, 0.2) is 64.6 Å². The first-order valence-electron chi connectivity index (χ1n) is 9.27. The smallest absolute Gasteiger partial charge is 0.279 e. The van der Waals surface area contributed by atoms with Gasteiger partial charge in [-0.2, -0.15) is 9.55 Å². The van der Waals surface area contributed by atoms with Crippen LogP contribution in [0.2, 0.25) is 0 Å². The summed E-state index contributed by atoms with van der Waals surface area (Å²) in [5.41, 5.74) is 5.88. The van der Waals surface area contributed by atoms with Gasteiger partial charge in [-0.15, -0.1) is 0 Å². The lowest BCUT2D eigenvalue weighted by molar-refractivity contribution is 0.100. The molecule has 166 valence electrons. The Morgan fingerprint density at radius 1 is 1.23 bits per heavy atom. The number of nitrogens with zero attached hydrogens (tertiary/aromatic N) is 1. The number of carbonyl (C=O) groups excluding carboxylic acids is 1. The van der Waals surface area contributed by atoms with Gasteiger partial charge >= 0.3 is 0 Å². The Hall–Kier alpha value is -3.21. The van der Waals surface area contributed by atoms with Crippen molar-refractivity contribution in [3.63, 3.8) is 0 Å². The molecule has 0 fully saturated rings. The van der Waals surface area contributed by atoms with Gasteiger partial charge in [0.25, 0.3) is 5.91 Å². The number of nitrogens with two attached hydrogens (primary N) is 1. The number of rotatable bonds is 9. The Bertz CT molecular complexity index is 1010. The molecule has 10 heteroatoms. The van der Waals surface area contributed by atoms with Gasteiger partial charge in [0.1, 0.15) is 35.4 Å². The van der Waals surface area contributed by atoms with Crippen LogP contribution in [-0.2, 0) is 14.4 Å². The minimum atomic E-state index is -3.08. The van der Waals surface area contributed by atoms with Crippen LogP contribution in [0.4, 0.5) is 0 Å². The standard InChI is InChI=1S/C21H25N3O6S/c1-14(13-25)29-17-10-15(21(26)24-20(22)8-9-23-2)11-18(12-17)30-16-4-6-19(7-5-16)31(3,27)28/h4-12,14,25H,13H2,1-3H3,(H3-,22,23,24,26,27,28)/p+1/t14-/m0/s1. The number of amides is 1. The highest BCUT2D eigenvalue weighted by atomic mass is 32.3. The van der Waals surface area contributed by atoms with Crippen molar-refractivity contribution in [2.24, 2.45) is 10.7 Å². The van der Waals surface area contributed by atoms with Gasteiger partial charge in [0.15, 0.2) is 4.90 Å². The molecule has 0 aliphatic carbocycles. The van der Waals surface area contributed by atoms with Gasteiger partial charge < -0.3 is 25.6 Å². The first-order chi connectivity index (χ1) is 14.6. The average Bonchev–Trinajstić information content (AvgIpc) is 2.71. The molecule has 0 aliphatic rings. The second-order valence-electron chi connectivity index (χ2n) is 6.64. The fourth-order valence-electron chi connectivity index (χ4n) is 2.38. The highest BCUT2D eigenvalue weighted by molar-refractivity contribution is 7.97. The Kier molecular flexibility index (Phi) is 8.31. The van der Waals surface area contributed by atoms with E-state index >= 15 is 0 Å². The second kappa shape index (κ2) is 10.7. The van der Waals surface area contributed by atoms with E-state index in [2.05, 4.69) is 10.3 Å². The molecular formula is C21H26N3O6S+. The predicted octanol–water partition coefficient (Wildman–Crippen LogP) is 2.43. The molecule has 2 aromatic rings. The Balaban J connectivity index is 2.36.